The van der Waals surface area contributed by atoms with Crippen molar-refractivity contribution >= 4 is 5.91 Å². The number of nitrogens with one attached hydrogen (secondary N) is 1. The number of benzene rings is 2. The van der Waals surface area contributed by atoms with Gasteiger partial charge in [-0.1, -0.05) is 12.1 Å². The Kier molecular flexibility index (Phi) is 7.29. The largest absolute Gasteiger partial charge is 0.508 e. The molecule has 2 aromatic rings. The molecule has 2 atom stereocenters. The Hall–Kier alpha value is -2.61. The van der Waals surface area contributed by atoms with Gasteiger partial charge in [0.1, 0.15) is 11.5 Å². The van der Waals surface area contributed by atoms with Crippen molar-refractivity contribution in [2.24, 2.45) is 0 Å². The van der Waals surface area contributed by atoms with Crippen LogP contribution in [0.25, 0.3) is 0 Å². The Labute approximate surface area is 188 Å². The highest BCUT2D eigenvalue weighted by Gasteiger charge is 2.21. The molecule has 2 aromatic carbocycles. The monoisotopic (exact) mass is 440 g/mol. The standard InChI is InChI=1S/C25H32N2O5/c28-15-20-11-18(5-8-23(20)29)24(30)14-26-21-6-3-17-4-7-22(13-19(17)12-21)32-16-25(31)27-9-1-2-10-27/h4-5,7-8,11,13,21,24,26,28-30H,1-3,6,9-10,12,14-16H2/t21-,24?/m0/s1. The fraction of sp³-hybridized carbons (Fsp3) is 0.480. The van der Waals surface area contributed by atoms with E-state index in [1.807, 2.05) is 17.0 Å². The average Bonchev–Trinajstić information content (AvgIpc) is 3.36. The number of hydrogen-bond acceptors (Lipinski definition) is 6. The Bertz CT molecular complexity index is 942. The van der Waals surface area contributed by atoms with Crippen molar-refractivity contribution in [3.05, 3.63) is 58.7 Å². The third-order valence-electron chi connectivity index (χ3n) is 6.49. The van der Waals surface area contributed by atoms with Crippen LogP contribution >= 0.6 is 0 Å². The molecule has 1 saturated heterocycles. The first-order chi connectivity index (χ1) is 15.5. The minimum atomic E-state index is -0.728. The molecule has 7 nitrogen and oxygen atoms in total. The summed E-state index contributed by atoms with van der Waals surface area (Å²) >= 11 is 0. The van der Waals surface area contributed by atoms with Gasteiger partial charge in [-0.25, -0.2) is 0 Å². The number of aryl methyl sites for hydroxylation is 1. The number of phenols is 1. The zero-order chi connectivity index (χ0) is 22.5. The highest BCUT2D eigenvalue weighted by Crippen LogP contribution is 2.27. The number of likely N-dealkylation sites (tertiary alicyclic amines) is 1. The molecule has 2 aliphatic rings. The van der Waals surface area contributed by atoms with E-state index in [0.717, 1.165) is 50.9 Å². The summed E-state index contributed by atoms with van der Waals surface area (Å²) in [5.74, 6) is 0.797. The van der Waals surface area contributed by atoms with Crippen LogP contribution in [0.3, 0.4) is 0 Å². The van der Waals surface area contributed by atoms with E-state index in [-0.39, 0.29) is 30.9 Å². The smallest absolute Gasteiger partial charge is 0.260 e. The molecule has 1 aliphatic carbocycles. The molecule has 7 heteroatoms. The lowest BCUT2D eigenvalue weighted by atomic mass is 9.88. The fourth-order valence-corrected chi connectivity index (χ4v) is 4.54. The Morgan fingerprint density at radius 1 is 1.16 bits per heavy atom. The van der Waals surface area contributed by atoms with E-state index < -0.39 is 6.10 Å². The van der Waals surface area contributed by atoms with E-state index in [0.29, 0.717) is 17.7 Å². The molecule has 4 rings (SSSR count). The van der Waals surface area contributed by atoms with E-state index in [9.17, 15) is 20.1 Å². The van der Waals surface area contributed by atoms with E-state index in [1.54, 1.807) is 12.1 Å². The Balaban J connectivity index is 1.30. The van der Waals surface area contributed by atoms with E-state index >= 15 is 0 Å². The van der Waals surface area contributed by atoms with Crippen LogP contribution < -0.4 is 10.1 Å². The van der Waals surface area contributed by atoms with Gasteiger partial charge in [0.05, 0.1) is 12.7 Å². The molecule has 0 radical (unpaired) electrons. The lowest BCUT2D eigenvalue weighted by Crippen LogP contribution is -2.37. The maximum atomic E-state index is 12.2. The molecule has 1 fully saturated rings. The molecule has 1 amide bonds. The molecular weight excluding hydrogens is 408 g/mol. The second-order valence-electron chi connectivity index (χ2n) is 8.72. The molecule has 1 heterocycles. The van der Waals surface area contributed by atoms with Gasteiger partial charge in [-0.05, 0) is 73.1 Å². The number of hydrogen-bond donors (Lipinski definition) is 4. The van der Waals surface area contributed by atoms with Crippen LogP contribution in [0, 0.1) is 0 Å². The second kappa shape index (κ2) is 10.3. The summed E-state index contributed by atoms with van der Waals surface area (Å²) in [5, 5.41) is 33.0. The number of nitrogens with zero attached hydrogens (tertiary/aromatic N) is 1. The lowest BCUT2D eigenvalue weighted by molar-refractivity contribution is -0.132. The van der Waals surface area contributed by atoms with Crippen molar-refractivity contribution in [2.45, 2.75) is 50.9 Å². The number of carbonyl (C=O) groups is 1. The van der Waals surface area contributed by atoms with Crippen molar-refractivity contribution < 1.29 is 24.9 Å². The molecule has 172 valence electrons. The molecule has 1 aliphatic heterocycles. The SMILES string of the molecule is O=C(COc1ccc2c(c1)C[C@@H](NCC(O)c1ccc(O)c(CO)c1)CC2)N1CCCC1. The number of carbonyl (C=O) groups excluding carboxylic acids is 1. The third-order valence-corrected chi connectivity index (χ3v) is 6.49. The number of aliphatic hydroxyl groups excluding tert-OH is 2. The maximum absolute atomic E-state index is 12.2. The van der Waals surface area contributed by atoms with Crippen molar-refractivity contribution in [1.82, 2.24) is 10.2 Å². The van der Waals surface area contributed by atoms with Crippen LogP contribution in [-0.4, -0.2) is 58.4 Å². The Morgan fingerprint density at radius 3 is 2.75 bits per heavy atom. The van der Waals surface area contributed by atoms with Crippen LogP contribution in [-0.2, 0) is 24.2 Å². The van der Waals surface area contributed by atoms with Gasteiger partial charge in [0.15, 0.2) is 6.61 Å². The van der Waals surface area contributed by atoms with Crippen molar-refractivity contribution in [2.75, 3.05) is 26.2 Å². The maximum Gasteiger partial charge on any atom is 0.260 e. The molecular formula is C25H32N2O5. The number of rotatable bonds is 8. The molecule has 0 saturated carbocycles. The molecule has 32 heavy (non-hydrogen) atoms. The van der Waals surface area contributed by atoms with Crippen LogP contribution in [0.1, 0.15) is 47.6 Å². The fourth-order valence-electron chi connectivity index (χ4n) is 4.54. The van der Waals surface area contributed by atoms with Crippen LogP contribution in [0.4, 0.5) is 0 Å². The molecule has 0 bridgehead atoms. The van der Waals surface area contributed by atoms with Gasteiger partial charge in [0, 0.05) is 31.2 Å². The summed E-state index contributed by atoms with van der Waals surface area (Å²) in [6, 6.07) is 11.1. The van der Waals surface area contributed by atoms with Gasteiger partial charge in [-0.2, -0.15) is 0 Å². The predicted octanol–water partition coefficient (Wildman–Crippen LogP) is 2.07. The van der Waals surface area contributed by atoms with E-state index in [4.69, 9.17) is 4.74 Å². The molecule has 0 spiro atoms. The zero-order valence-electron chi connectivity index (χ0n) is 18.3. The number of aromatic hydroxyl groups is 1. The predicted molar refractivity (Wildman–Crippen MR) is 121 cm³/mol. The van der Waals surface area contributed by atoms with Gasteiger partial charge in [0.25, 0.3) is 5.91 Å². The van der Waals surface area contributed by atoms with Crippen molar-refractivity contribution in [1.29, 1.82) is 0 Å². The molecule has 0 aromatic heterocycles. The quantitative estimate of drug-likeness (QED) is 0.501. The van der Waals surface area contributed by atoms with E-state index in [2.05, 4.69) is 11.4 Å². The van der Waals surface area contributed by atoms with Crippen LogP contribution in [0.2, 0.25) is 0 Å². The highest BCUT2D eigenvalue weighted by atomic mass is 16.5. The topological polar surface area (TPSA) is 102 Å². The first-order valence-corrected chi connectivity index (χ1v) is 11.4. The van der Waals surface area contributed by atoms with E-state index in [1.165, 1.54) is 17.2 Å². The van der Waals surface area contributed by atoms with Crippen molar-refractivity contribution in [3.8, 4) is 11.5 Å². The lowest BCUT2D eigenvalue weighted by Gasteiger charge is -2.27. The first-order valence-electron chi connectivity index (χ1n) is 11.4. The normalized spacial score (nSPS) is 18.9. The van der Waals surface area contributed by atoms with Gasteiger partial charge in [0.2, 0.25) is 0 Å². The van der Waals surface area contributed by atoms with Gasteiger partial charge in [-0.15, -0.1) is 0 Å². The number of aliphatic hydroxyl groups is 2. The van der Waals surface area contributed by atoms with Gasteiger partial charge < -0.3 is 30.3 Å². The van der Waals surface area contributed by atoms with Crippen LogP contribution in [0.5, 0.6) is 11.5 Å². The highest BCUT2D eigenvalue weighted by molar-refractivity contribution is 5.78. The summed E-state index contributed by atoms with van der Waals surface area (Å²) in [6.07, 6.45) is 4.17. The zero-order valence-corrected chi connectivity index (χ0v) is 18.3. The first kappa shape index (κ1) is 22.6. The summed E-state index contributed by atoms with van der Waals surface area (Å²) in [7, 11) is 0. The second-order valence-corrected chi connectivity index (χ2v) is 8.72. The summed E-state index contributed by atoms with van der Waals surface area (Å²) < 4.78 is 5.78. The number of amides is 1. The number of fused-ring (bicyclic) bond motifs is 1. The van der Waals surface area contributed by atoms with Crippen LogP contribution in [0.15, 0.2) is 36.4 Å². The summed E-state index contributed by atoms with van der Waals surface area (Å²) in [5.41, 5.74) is 3.58. The average molecular weight is 441 g/mol. The van der Waals surface area contributed by atoms with Gasteiger partial charge >= 0.3 is 0 Å². The minimum absolute atomic E-state index is 0.0282. The van der Waals surface area contributed by atoms with Gasteiger partial charge in [-0.3, -0.25) is 4.79 Å². The number of ether oxygens (including phenoxy) is 1. The van der Waals surface area contributed by atoms with Crippen molar-refractivity contribution in [3.63, 3.8) is 0 Å². The summed E-state index contributed by atoms with van der Waals surface area (Å²) in [4.78, 5) is 14.1. The molecule has 1 unspecified atom stereocenters. The minimum Gasteiger partial charge on any atom is -0.508 e. The molecule has 4 N–H and O–H groups in total. The Morgan fingerprint density at radius 2 is 1.97 bits per heavy atom. The summed E-state index contributed by atoms with van der Waals surface area (Å²) in [6.45, 7) is 1.85. The third kappa shape index (κ3) is 5.41.